The Labute approximate surface area is 152 Å². The third-order valence-corrected chi connectivity index (χ3v) is 4.80. The number of carbonyl (C=O) groups is 1. The number of aromatic nitrogens is 3. The molecule has 3 aromatic rings. The Bertz CT molecular complexity index is 944. The van der Waals surface area contributed by atoms with Crippen LogP contribution in [0.3, 0.4) is 0 Å². The smallest absolute Gasteiger partial charge is 0.217 e. The number of nitrogens with zero attached hydrogens (tertiary/aromatic N) is 2. The van der Waals surface area contributed by atoms with Gasteiger partial charge in [0.25, 0.3) is 0 Å². The molecule has 0 spiro atoms. The highest BCUT2D eigenvalue weighted by Gasteiger charge is 2.28. The van der Waals surface area contributed by atoms with E-state index in [9.17, 15) is 4.79 Å². The van der Waals surface area contributed by atoms with Gasteiger partial charge in [0.2, 0.25) is 5.91 Å². The molecule has 0 radical (unpaired) electrons. The van der Waals surface area contributed by atoms with E-state index in [1.165, 1.54) is 5.39 Å². The van der Waals surface area contributed by atoms with Crippen LogP contribution in [0.2, 0.25) is 0 Å². The van der Waals surface area contributed by atoms with Crippen LogP contribution in [0, 0.1) is 0 Å². The molecular weight excluding hydrogens is 326 g/mol. The Hall–Kier alpha value is -2.89. The molecule has 134 valence electrons. The van der Waals surface area contributed by atoms with Crippen LogP contribution in [0.25, 0.3) is 10.9 Å². The number of hydrogen-bond acceptors (Lipinski definition) is 4. The summed E-state index contributed by atoms with van der Waals surface area (Å²) < 4.78 is 0. The number of carbonyl (C=O) groups excluding carboxylic acids is 1. The van der Waals surface area contributed by atoms with Gasteiger partial charge in [-0.2, -0.15) is 0 Å². The first kappa shape index (κ1) is 16.6. The molecule has 6 heteroatoms. The lowest BCUT2D eigenvalue weighted by atomic mass is 10.0. The first-order chi connectivity index (χ1) is 12.6. The van der Waals surface area contributed by atoms with Crippen molar-refractivity contribution >= 4 is 22.6 Å². The molecule has 0 saturated heterocycles. The lowest BCUT2D eigenvalue weighted by Crippen LogP contribution is -2.29. The van der Waals surface area contributed by atoms with Crippen molar-refractivity contribution in [3.05, 3.63) is 53.6 Å². The summed E-state index contributed by atoms with van der Waals surface area (Å²) in [5.74, 6) is 2.06. The van der Waals surface area contributed by atoms with Gasteiger partial charge in [-0.05, 0) is 24.5 Å². The maximum absolute atomic E-state index is 11.8. The normalized spacial score (nSPS) is 15.0. The zero-order valence-electron chi connectivity index (χ0n) is 15.0. The molecule has 26 heavy (non-hydrogen) atoms. The van der Waals surface area contributed by atoms with E-state index >= 15 is 0 Å². The zero-order chi connectivity index (χ0) is 18.1. The number of H-pyrrole nitrogens is 1. The number of rotatable bonds is 6. The lowest BCUT2D eigenvalue weighted by Gasteiger charge is -2.19. The average molecular weight is 349 g/mol. The molecular formula is C20H23N5O. The summed E-state index contributed by atoms with van der Waals surface area (Å²) in [5.41, 5.74) is 3.12. The van der Waals surface area contributed by atoms with Gasteiger partial charge in [-0.3, -0.25) is 4.79 Å². The first-order valence-electron chi connectivity index (χ1n) is 9.02. The molecule has 2 aromatic heterocycles. The number of fused-ring (bicyclic) bond motifs is 1. The molecule has 1 aliphatic rings. The van der Waals surface area contributed by atoms with Crippen molar-refractivity contribution in [1.82, 2.24) is 20.3 Å². The Balaban J connectivity index is 1.70. The fourth-order valence-corrected chi connectivity index (χ4v) is 3.31. The van der Waals surface area contributed by atoms with Crippen LogP contribution < -0.4 is 10.6 Å². The van der Waals surface area contributed by atoms with Crippen molar-refractivity contribution in [1.29, 1.82) is 0 Å². The van der Waals surface area contributed by atoms with Gasteiger partial charge < -0.3 is 15.6 Å². The highest BCUT2D eigenvalue weighted by atomic mass is 16.1. The molecule has 2 heterocycles. The highest BCUT2D eigenvalue weighted by Crippen LogP contribution is 2.39. The predicted octanol–water partition coefficient (Wildman–Crippen LogP) is 3.30. The fourth-order valence-electron chi connectivity index (χ4n) is 3.31. The second-order valence-corrected chi connectivity index (χ2v) is 6.88. The first-order valence-corrected chi connectivity index (χ1v) is 9.02. The van der Waals surface area contributed by atoms with E-state index in [1.54, 1.807) is 6.92 Å². The Morgan fingerprint density at radius 1 is 1.31 bits per heavy atom. The molecule has 4 rings (SSSR count). The van der Waals surface area contributed by atoms with Gasteiger partial charge >= 0.3 is 0 Å². The van der Waals surface area contributed by atoms with Crippen molar-refractivity contribution in [2.45, 2.75) is 38.1 Å². The maximum Gasteiger partial charge on any atom is 0.217 e. The van der Waals surface area contributed by atoms with Crippen LogP contribution in [-0.4, -0.2) is 27.9 Å². The number of aromatic amines is 1. The van der Waals surface area contributed by atoms with Crippen LogP contribution >= 0.6 is 0 Å². The summed E-state index contributed by atoms with van der Waals surface area (Å²) in [7, 11) is 1.86. The van der Waals surface area contributed by atoms with Crippen molar-refractivity contribution in [2.24, 2.45) is 0 Å². The Kier molecular flexibility index (Phi) is 4.32. The Morgan fingerprint density at radius 3 is 2.85 bits per heavy atom. The van der Waals surface area contributed by atoms with Crippen LogP contribution in [0.5, 0.6) is 0 Å². The van der Waals surface area contributed by atoms with Crippen LogP contribution in [0.1, 0.15) is 48.8 Å². The van der Waals surface area contributed by atoms with E-state index in [0.29, 0.717) is 12.3 Å². The fraction of sp³-hybridized carbons (Fsp3) is 0.350. The quantitative estimate of drug-likeness (QED) is 0.638. The van der Waals surface area contributed by atoms with E-state index < -0.39 is 0 Å². The van der Waals surface area contributed by atoms with E-state index in [2.05, 4.69) is 32.7 Å². The van der Waals surface area contributed by atoms with Gasteiger partial charge in [-0.15, -0.1) is 0 Å². The SMILES string of the molecule is CNc1cc(C(Cc2c[nH]c3ccccc23)NC(C)=O)nc(C2CC2)n1. The molecule has 1 fully saturated rings. The molecule has 3 N–H and O–H groups in total. The maximum atomic E-state index is 11.8. The van der Waals surface area contributed by atoms with Gasteiger partial charge in [0, 0.05) is 49.5 Å². The lowest BCUT2D eigenvalue weighted by molar-refractivity contribution is -0.119. The summed E-state index contributed by atoms with van der Waals surface area (Å²) >= 11 is 0. The van der Waals surface area contributed by atoms with Gasteiger partial charge in [0.05, 0.1) is 11.7 Å². The number of benzene rings is 1. The largest absolute Gasteiger partial charge is 0.373 e. The monoisotopic (exact) mass is 349 g/mol. The van der Waals surface area contributed by atoms with Gasteiger partial charge in [0.15, 0.2) is 0 Å². The average Bonchev–Trinajstić information content (AvgIpc) is 3.42. The summed E-state index contributed by atoms with van der Waals surface area (Å²) in [4.78, 5) is 24.5. The predicted molar refractivity (Wildman–Crippen MR) is 102 cm³/mol. The molecule has 6 nitrogen and oxygen atoms in total. The molecule has 1 aliphatic carbocycles. The molecule has 1 saturated carbocycles. The molecule has 0 aliphatic heterocycles. The minimum Gasteiger partial charge on any atom is -0.373 e. The van der Waals surface area contributed by atoms with Gasteiger partial charge in [0.1, 0.15) is 11.6 Å². The second-order valence-electron chi connectivity index (χ2n) is 6.88. The summed E-state index contributed by atoms with van der Waals surface area (Å²) in [6.45, 7) is 1.55. The zero-order valence-corrected chi connectivity index (χ0v) is 15.0. The van der Waals surface area contributed by atoms with Crippen molar-refractivity contribution in [3.63, 3.8) is 0 Å². The number of hydrogen-bond donors (Lipinski definition) is 3. The third-order valence-electron chi connectivity index (χ3n) is 4.80. The molecule has 1 aromatic carbocycles. The van der Waals surface area contributed by atoms with Crippen molar-refractivity contribution in [3.8, 4) is 0 Å². The van der Waals surface area contributed by atoms with Crippen LogP contribution in [-0.2, 0) is 11.2 Å². The minimum absolute atomic E-state index is 0.0626. The van der Waals surface area contributed by atoms with Crippen LogP contribution in [0.15, 0.2) is 36.5 Å². The molecule has 1 amide bonds. The number of amides is 1. The Morgan fingerprint density at radius 2 is 2.12 bits per heavy atom. The molecule has 1 atom stereocenters. The summed E-state index contributed by atoms with van der Waals surface area (Å²) in [5, 5.41) is 7.36. The van der Waals surface area contributed by atoms with Crippen molar-refractivity contribution in [2.75, 3.05) is 12.4 Å². The summed E-state index contributed by atoms with van der Waals surface area (Å²) in [6.07, 6.45) is 4.97. The van der Waals surface area contributed by atoms with Gasteiger partial charge in [-0.25, -0.2) is 9.97 Å². The van der Waals surface area contributed by atoms with Gasteiger partial charge in [-0.1, -0.05) is 18.2 Å². The molecule has 0 bridgehead atoms. The van der Waals surface area contributed by atoms with E-state index in [4.69, 9.17) is 4.98 Å². The van der Waals surface area contributed by atoms with Crippen LogP contribution in [0.4, 0.5) is 5.82 Å². The third kappa shape index (κ3) is 3.40. The van der Waals surface area contributed by atoms with E-state index in [-0.39, 0.29) is 11.9 Å². The number of anilines is 1. The standard InChI is InChI=1S/C20H23N5O/c1-12(26)23-17(9-14-11-22-16-6-4-3-5-15(14)16)18-10-19(21-2)25-20(24-18)13-7-8-13/h3-6,10-11,13,17,22H,7-9H2,1-2H3,(H,23,26)(H,21,24,25). The second kappa shape index (κ2) is 6.78. The van der Waals surface area contributed by atoms with Crippen molar-refractivity contribution < 1.29 is 4.79 Å². The van der Waals surface area contributed by atoms with E-state index in [1.807, 2.05) is 31.4 Å². The highest BCUT2D eigenvalue weighted by molar-refractivity contribution is 5.83. The topological polar surface area (TPSA) is 82.7 Å². The minimum atomic E-state index is -0.195. The molecule has 1 unspecified atom stereocenters. The number of para-hydroxylation sites is 1. The number of nitrogens with one attached hydrogen (secondary N) is 3. The van der Waals surface area contributed by atoms with E-state index in [0.717, 1.165) is 41.3 Å². The summed E-state index contributed by atoms with van der Waals surface area (Å²) in [6, 6.07) is 9.93.